The molecule has 1 heterocycles. The second-order valence-electron chi connectivity index (χ2n) is 15.7. The van der Waals surface area contributed by atoms with E-state index in [1.165, 1.54) is 119 Å². The zero-order valence-electron chi connectivity index (χ0n) is 32.8. The Kier molecular flexibility index (Phi) is 9.15. The normalized spacial score (nSPS) is 11.8. The highest BCUT2D eigenvalue weighted by molar-refractivity contribution is 6.24. The van der Waals surface area contributed by atoms with E-state index < -0.39 is 0 Å². The molecule has 0 saturated heterocycles. The van der Waals surface area contributed by atoms with Crippen LogP contribution in [0.5, 0.6) is 0 Å². The molecular formula is C56H46O. The fourth-order valence-electron chi connectivity index (χ4n) is 9.15. The first-order valence-electron chi connectivity index (χ1n) is 20.8. The number of rotatable bonds is 10. The van der Waals surface area contributed by atoms with Gasteiger partial charge in [0, 0.05) is 10.8 Å². The smallest absolute Gasteiger partial charge is 0.135 e. The molecule has 1 aromatic heterocycles. The summed E-state index contributed by atoms with van der Waals surface area (Å²) in [5.41, 5.74) is 14.7. The SMILES string of the molecule is CCCCc1ccc(-c2ccc3c(-c4c5ccccc5c(-c5ccc6oc7cc(CCCC)ccc7c6c5)c5ccccc45)cccc3c2)c(-c2ccccc2)c1. The van der Waals surface area contributed by atoms with Crippen molar-refractivity contribution in [1.29, 1.82) is 0 Å². The van der Waals surface area contributed by atoms with Crippen molar-refractivity contribution in [3.8, 4) is 44.5 Å². The molecule has 0 spiro atoms. The maximum atomic E-state index is 6.44. The molecule has 0 aliphatic heterocycles. The highest BCUT2D eigenvalue weighted by atomic mass is 16.3. The summed E-state index contributed by atoms with van der Waals surface area (Å²) >= 11 is 0. The van der Waals surface area contributed by atoms with Crippen LogP contribution in [0.25, 0.3) is 98.8 Å². The molecule has 10 aromatic rings. The topological polar surface area (TPSA) is 13.1 Å². The van der Waals surface area contributed by atoms with Crippen molar-refractivity contribution in [3.63, 3.8) is 0 Å². The lowest BCUT2D eigenvalue weighted by molar-refractivity contribution is 0.667. The van der Waals surface area contributed by atoms with Gasteiger partial charge in [0.05, 0.1) is 0 Å². The number of aryl methyl sites for hydroxylation is 2. The molecule has 9 aromatic carbocycles. The van der Waals surface area contributed by atoms with Crippen LogP contribution in [0.3, 0.4) is 0 Å². The fourth-order valence-corrected chi connectivity index (χ4v) is 9.15. The molecule has 0 N–H and O–H groups in total. The van der Waals surface area contributed by atoms with Crippen LogP contribution >= 0.6 is 0 Å². The van der Waals surface area contributed by atoms with E-state index in [1.54, 1.807) is 0 Å². The number of furan rings is 1. The van der Waals surface area contributed by atoms with E-state index in [0.29, 0.717) is 0 Å². The zero-order valence-corrected chi connectivity index (χ0v) is 32.8. The zero-order chi connectivity index (χ0) is 38.3. The molecule has 0 saturated carbocycles. The van der Waals surface area contributed by atoms with Crippen LogP contribution in [0.15, 0.2) is 174 Å². The van der Waals surface area contributed by atoms with Gasteiger partial charge in [-0.05, 0) is 138 Å². The highest BCUT2D eigenvalue weighted by Crippen LogP contribution is 2.47. The molecule has 0 aliphatic rings. The molecule has 0 radical (unpaired) electrons. The van der Waals surface area contributed by atoms with Gasteiger partial charge in [0.15, 0.2) is 0 Å². The molecule has 0 atom stereocenters. The summed E-state index contributed by atoms with van der Waals surface area (Å²) < 4.78 is 6.44. The van der Waals surface area contributed by atoms with Gasteiger partial charge in [0.1, 0.15) is 11.2 Å². The number of benzene rings is 9. The summed E-state index contributed by atoms with van der Waals surface area (Å²) in [6, 6.07) is 63.3. The van der Waals surface area contributed by atoms with Gasteiger partial charge in [0.25, 0.3) is 0 Å². The third-order valence-electron chi connectivity index (χ3n) is 12.0. The standard InChI is InChI=1S/C56H46O/c1-3-5-15-37-25-29-44(51(33-37)39-17-8-7-9-18-39)41-27-31-43-40(35-41)19-14-24-46(43)56-49-22-12-10-20-47(49)55(48-21-11-13-23-50(48)56)42-28-32-53-52(36-42)45-30-26-38(16-6-4-2)34-54(45)57-53/h7-14,17-36H,3-6,15-16H2,1-2H3. The maximum absolute atomic E-state index is 6.44. The highest BCUT2D eigenvalue weighted by Gasteiger charge is 2.20. The minimum Gasteiger partial charge on any atom is -0.456 e. The molecule has 57 heavy (non-hydrogen) atoms. The first-order chi connectivity index (χ1) is 28.2. The molecular weight excluding hydrogens is 689 g/mol. The van der Waals surface area contributed by atoms with E-state index in [9.17, 15) is 0 Å². The lowest BCUT2D eigenvalue weighted by atomic mass is 9.84. The Morgan fingerprint density at radius 2 is 0.982 bits per heavy atom. The van der Waals surface area contributed by atoms with Crippen molar-refractivity contribution in [2.24, 2.45) is 0 Å². The van der Waals surface area contributed by atoms with Crippen LogP contribution in [0.1, 0.15) is 50.7 Å². The third-order valence-corrected chi connectivity index (χ3v) is 12.0. The van der Waals surface area contributed by atoms with Crippen LogP contribution in [0, 0.1) is 0 Å². The van der Waals surface area contributed by atoms with E-state index in [1.807, 2.05) is 0 Å². The largest absolute Gasteiger partial charge is 0.456 e. The van der Waals surface area contributed by atoms with Gasteiger partial charge in [-0.2, -0.15) is 0 Å². The first-order valence-corrected chi connectivity index (χ1v) is 20.8. The van der Waals surface area contributed by atoms with Gasteiger partial charge in [0.2, 0.25) is 0 Å². The molecule has 1 nitrogen and oxygen atoms in total. The van der Waals surface area contributed by atoms with Crippen LogP contribution < -0.4 is 0 Å². The second-order valence-corrected chi connectivity index (χ2v) is 15.7. The molecule has 0 unspecified atom stereocenters. The number of unbranched alkanes of at least 4 members (excludes halogenated alkanes) is 2. The molecule has 10 rings (SSSR count). The predicted octanol–water partition coefficient (Wildman–Crippen LogP) is 16.4. The Bertz CT molecular complexity index is 3030. The van der Waals surface area contributed by atoms with Crippen LogP contribution in [-0.4, -0.2) is 0 Å². The maximum Gasteiger partial charge on any atom is 0.135 e. The van der Waals surface area contributed by atoms with Gasteiger partial charge in [-0.1, -0.05) is 172 Å². The van der Waals surface area contributed by atoms with Crippen molar-refractivity contribution in [2.45, 2.75) is 52.4 Å². The van der Waals surface area contributed by atoms with Gasteiger partial charge in [-0.25, -0.2) is 0 Å². The summed E-state index contributed by atoms with van der Waals surface area (Å²) in [5, 5.41) is 9.87. The summed E-state index contributed by atoms with van der Waals surface area (Å²) in [5.74, 6) is 0. The van der Waals surface area contributed by atoms with Gasteiger partial charge in [-0.15, -0.1) is 0 Å². The molecule has 0 amide bonds. The second kappa shape index (κ2) is 14.9. The van der Waals surface area contributed by atoms with Crippen LogP contribution in [-0.2, 0) is 12.8 Å². The average Bonchev–Trinajstić information content (AvgIpc) is 3.63. The quantitative estimate of drug-likeness (QED) is 0.128. The van der Waals surface area contributed by atoms with Crippen molar-refractivity contribution < 1.29 is 4.42 Å². The predicted molar refractivity (Wildman–Crippen MR) is 245 cm³/mol. The van der Waals surface area contributed by atoms with Crippen molar-refractivity contribution in [1.82, 2.24) is 0 Å². The van der Waals surface area contributed by atoms with Crippen molar-refractivity contribution in [2.75, 3.05) is 0 Å². The minimum absolute atomic E-state index is 0.935. The summed E-state index contributed by atoms with van der Waals surface area (Å²) in [4.78, 5) is 0. The van der Waals surface area contributed by atoms with E-state index in [-0.39, 0.29) is 0 Å². The van der Waals surface area contributed by atoms with E-state index in [0.717, 1.165) is 29.4 Å². The monoisotopic (exact) mass is 734 g/mol. The van der Waals surface area contributed by atoms with E-state index in [4.69, 9.17) is 4.42 Å². The fraction of sp³-hybridized carbons (Fsp3) is 0.143. The van der Waals surface area contributed by atoms with Gasteiger partial charge < -0.3 is 4.42 Å². The molecule has 276 valence electrons. The van der Waals surface area contributed by atoms with Gasteiger partial charge in [-0.3, -0.25) is 0 Å². The van der Waals surface area contributed by atoms with Crippen molar-refractivity contribution >= 4 is 54.3 Å². The number of fused-ring (bicyclic) bond motifs is 6. The number of hydrogen-bond acceptors (Lipinski definition) is 1. The first kappa shape index (κ1) is 35.0. The lowest BCUT2D eigenvalue weighted by Gasteiger charge is -2.19. The Balaban J connectivity index is 1.13. The molecule has 1 heteroatoms. The molecule has 0 fully saturated rings. The Hall–Kier alpha value is -6.44. The Morgan fingerprint density at radius 1 is 0.351 bits per heavy atom. The molecule has 0 aliphatic carbocycles. The average molecular weight is 735 g/mol. The summed E-state index contributed by atoms with van der Waals surface area (Å²) in [6.45, 7) is 4.51. The Morgan fingerprint density at radius 3 is 1.70 bits per heavy atom. The number of hydrogen-bond donors (Lipinski definition) is 0. The molecule has 0 bridgehead atoms. The van der Waals surface area contributed by atoms with Crippen LogP contribution in [0.4, 0.5) is 0 Å². The summed E-state index contributed by atoms with van der Waals surface area (Å²) in [6.07, 6.45) is 6.96. The third kappa shape index (κ3) is 6.28. The lowest BCUT2D eigenvalue weighted by Crippen LogP contribution is -1.92. The van der Waals surface area contributed by atoms with Gasteiger partial charge >= 0.3 is 0 Å². The van der Waals surface area contributed by atoms with Crippen molar-refractivity contribution in [3.05, 3.63) is 181 Å². The van der Waals surface area contributed by atoms with E-state index >= 15 is 0 Å². The van der Waals surface area contributed by atoms with Crippen LogP contribution in [0.2, 0.25) is 0 Å². The summed E-state index contributed by atoms with van der Waals surface area (Å²) in [7, 11) is 0. The Labute approximate surface area is 335 Å². The van der Waals surface area contributed by atoms with E-state index in [2.05, 4.69) is 184 Å². The minimum atomic E-state index is 0.935.